The third kappa shape index (κ3) is 3.07. The second-order valence-electron chi connectivity index (χ2n) is 5.14. The zero-order chi connectivity index (χ0) is 14.7. The molecule has 1 fully saturated rings. The molecule has 21 heavy (non-hydrogen) atoms. The van der Waals surface area contributed by atoms with Crippen molar-refractivity contribution in [3.63, 3.8) is 0 Å². The minimum absolute atomic E-state index is 0.349. The van der Waals surface area contributed by atoms with E-state index in [2.05, 4.69) is 26.3 Å². The molecule has 0 unspecified atom stereocenters. The van der Waals surface area contributed by atoms with Gasteiger partial charge in [0, 0.05) is 23.7 Å². The van der Waals surface area contributed by atoms with Crippen LogP contribution in [0.1, 0.15) is 12.8 Å². The Balaban J connectivity index is 1.96. The molecule has 6 heteroatoms. The van der Waals surface area contributed by atoms with Gasteiger partial charge >= 0.3 is 0 Å². The first kappa shape index (κ1) is 14.1. The quantitative estimate of drug-likeness (QED) is 0.696. The normalized spacial score (nSPS) is 15.8. The average Bonchev–Trinajstić information content (AvgIpc) is 2.52. The number of aromatic nitrogens is 2. The lowest BCUT2D eigenvalue weighted by Gasteiger charge is -2.34. The second kappa shape index (κ2) is 6.25. The number of nitrogens with one attached hydrogen (secondary N) is 1. The third-order valence-electron chi connectivity index (χ3n) is 3.81. The summed E-state index contributed by atoms with van der Waals surface area (Å²) >= 11 is 5.94. The molecule has 1 aliphatic rings. The molecule has 1 N–H and O–H groups in total. The van der Waals surface area contributed by atoms with Gasteiger partial charge < -0.3 is 10.2 Å². The van der Waals surface area contributed by atoms with Crippen molar-refractivity contribution < 1.29 is 0 Å². The number of pyridine rings is 2. The van der Waals surface area contributed by atoms with Crippen LogP contribution >= 0.6 is 11.6 Å². The van der Waals surface area contributed by atoms with Gasteiger partial charge in [-0.1, -0.05) is 11.6 Å². The van der Waals surface area contributed by atoms with Gasteiger partial charge in [-0.05, 0) is 38.1 Å². The Bertz CT molecular complexity index is 675. The van der Waals surface area contributed by atoms with Crippen molar-refractivity contribution in [2.45, 2.75) is 18.9 Å². The Morgan fingerprint density at radius 2 is 2.19 bits per heavy atom. The SMILES string of the molecule is N#CCN(c1ccc2cnc(Cl)cc2n1)C1CCNCC1. The minimum atomic E-state index is 0.349. The van der Waals surface area contributed by atoms with E-state index in [1.54, 1.807) is 12.3 Å². The number of hydrogen-bond acceptors (Lipinski definition) is 5. The molecule has 0 aliphatic carbocycles. The van der Waals surface area contributed by atoms with Crippen LogP contribution in [0, 0.1) is 11.3 Å². The molecule has 108 valence electrons. The first-order valence-electron chi connectivity index (χ1n) is 7.04. The molecule has 0 spiro atoms. The molecule has 0 aromatic carbocycles. The standard InChI is InChI=1S/C15H16ClN5/c16-14-9-13-11(10-19-14)1-2-15(20-13)21(8-5-17)12-3-6-18-7-4-12/h1-2,9-10,12,18H,3-4,6-8H2. The first-order chi connectivity index (χ1) is 10.3. The summed E-state index contributed by atoms with van der Waals surface area (Å²) in [5, 5.41) is 13.8. The van der Waals surface area contributed by atoms with Crippen molar-refractivity contribution in [1.29, 1.82) is 5.26 Å². The van der Waals surface area contributed by atoms with E-state index in [0.717, 1.165) is 42.7 Å². The topological polar surface area (TPSA) is 64.8 Å². The molecule has 1 saturated heterocycles. The van der Waals surface area contributed by atoms with Gasteiger partial charge in [-0.3, -0.25) is 0 Å². The molecule has 2 aromatic rings. The van der Waals surface area contributed by atoms with Crippen LogP contribution in [0.25, 0.3) is 10.9 Å². The van der Waals surface area contributed by atoms with Crippen molar-refractivity contribution in [3.05, 3.63) is 29.5 Å². The molecular formula is C15H16ClN5. The van der Waals surface area contributed by atoms with Gasteiger partial charge in [-0.25, -0.2) is 9.97 Å². The summed E-state index contributed by atoms with van der Waals surface area (Å²) in [6.45, 7) is 2.31. The molecule has 5 nitrogen and oxygen atoms in total. The third-order valence-corrected chi connectivity index (χ3v) is 4.02. The highest BCUT2D eigenvalue weighted by atomic mass is 35.5. The lowest BCUT2D eigenvalue weighted by atomic mass is 10.0. The molecule has 1 aliphatic heterocycles. The predicted molar refractivity (Wildman–Crippen MR) is 83.4 cm³/mol. The molecule has 0 radical (unpaired) electrons. The summed E-state index contributed by atoms with van der Waals surface area (Å²) in [4.78, 5) is 10.8. The zero-order valence-corrected chi connectivity index (χ0v) is 12.3. The highest BCUT2D eigenvalue weighted by molar-refractivity contribution is 6.29. The smallest absolute Gasteiger partial charge is 0.131 e. The van der Waals surface area contributed by atoms with Crippen molar-refractivity contribution in [3.8, 4) is 6.07 Å². The summed E-state index contributed by atoms with van der Waals surface area (Å²) < 4.78 is 0. The number of fused-ring (bicyclic) bond motifs is 1. The maximum absolute atomic E-state index is 9.12. The number of halogens is 1. The van der Waals surface area contributed by atoms with Crippen molar-refractivity contribution in [2.24, 2.45) is 0 Å². The van der Waals surface area contributed by atoms with Crippen LogP contribution in [0.4, 0.5) is 5.82 Å². The Hall–Kier alpha value is -1.90. The molecular weight excluding hydrogens is 286 g/mol. The monoisotopic (exact) mass is 301 g/mol. The molecule has 0 saturated carbocycles. The second-order valence-corrected chi connectivity index (χ2v) is 5.52. The van der Waals surface area contributed by atoms with E-state index < -0.39 is 0 Å². The highest BCUT2D eigenvalue weighted by Gasteiger charge is 2.22. The van der Waals surface area contributed by atoms with E-state index in [4.69, 9.17) is 16.9 Å². The molecule has 0 bridgehead atoms. The van der Waals surface area contributed by atoms with Crippen molar-refractivity contribution in [1.82, 2.24) is 15.3 Å². The van der Waals surface area contributed by atoms with Gasteiger partial charge in [0.1, 0.15) is 17.5 Å². The van der Waals surface area contributed by atoms with Crippen molar-refractivity contribution >= 4 is 28.3 Å². The van der Waals surface area contributed by atoms with Crippen LogP contribution in [0.3, 0.4) is 0 Å². The number of nitrogens with zero attached hydrogens (tertiary/aromatic N) is 4. The largest absolute Gasteiger partial charge is 0.340 e. The first-order valence-corrected chi connectivity index (χ1v) is 7.42. The summed E-state index contributed by atoms with van der Waals surface area (Å²) in [5.74, 6) is 0.832. The average molecular weight is 302 g/mol. The van der Waals surface area contributed by atoms with E-state index in [1.807, 2.05) is 12.1 Å². The summed E-state index contributed by atoms with van der Waals surface area (Å²) in [6.07, 6.45) is 3.77. The van der Waals surface area contributed by atoms with E-state index in [0.29, 0.717) is 17.7 Å². The maximum Gasteiger partial charge on any atom is 0.131 e. The lowest BCUT2D eigenvalue weighted by Crippen LogP contribution is -2.43. The maximum atomic E-state index is 9.12. The van der Waals surface area contributed by atoms with Crippen LogP contribution in [-0.2, 0) is 0 Å². The van der Waals surface area contributed by atoms with Gasteiger partial charge in [-0.2, -0.15) is 5.26 Å². The summed E-state index contributed by atoms with van der Waals surface area (Å²) in [6, 6.07) is 8.30. The highest BCUT2D eigenvalue weighted by Crippen LogP contribution is 2.23. The van der Waals surface area contributed by atoms with Crippen LogP contribution in [0.5, 0.6) is 0 Å². The Labute approximate surface area is 128 Å². The molecule has 0 amide bonds. The minimum Gasteiger partial charge on any atom is -0.340 e. The van der Waals surface area contributed by atoms with Crippen LogP contribution in [-0.4, -0.2) is 35.6 Å². The fourth-order valence-electron chi connectivity index (χ4n) is 2.73. The number of anilines is 1. The van der Waals surface area contributed by atoms with E-state index in [1.165, 1.54) is 0 Å². The summed E-state index contributed by atoms with van der Waals surface area (Å²) in [7, 11) is 0. The summed E-state index contributed by atoms with van der Waals surface area (Å²) in [5.41, 5.74) is 0.810. The Morgan fingerprint density at radius 3 is 2.95 bits per heavy atom. The van der Waals surface area contributed by atoms with Gasteiger partial charge in [0.2, 0.25) is 0 Å². The molecule has 3 heterocycles. The fourth-order valence-corrected chi connectivity index (χ4v) is 2.88. The lowest BCUT2D eigenvalue weighted by molar-refractivity contribution is 0.436. The molecule has 2 aromatic heterocycles. The number of hydrogen-bond donors (Lipinski definition) is 1. The number of rotatable bonds is 3. The fraction of sp³-hybridized carbons (Fsp3) is 0.400. The predicted octanol–water partition coefficient (Wildman–Crippen LogP) is 2.37. The zero-order valence-electron chi connectivity index (χ0n) is 11.6. The number of piperidine rings is 1. The van der Waals surface area contributed by atoms with E-state index in [-0.39, 0.29) is 0 Å². The van der Waals surface area contributed by atoms with Gasteiger partial charge in [0.25, 0.3) is 0 Å². The van der Waals surface area contributed by atoms with Gasteiger partial charge in [0.05, 0.1) is 11.6 Å². The van der Waals surface area contributed by atoms with Crippen LogP contribution in [0.2, 0.25) is 5.15 Å². The number of nitriles is 1. The van der Waals surface area contributed by atoms with Gasteiger partial charge in [0.15, 0.2) is 0 Å². The Kier molecular flexibility index (Phi) is 4.18. The van der Waals surface area contributed by atoms with E-state index >= 15 is 0 Å². The molecule has 3 rings (SSSR count). The van der Waals surface area contributed by atoms with Crippen LogP contribution < -0.4 is 10.2 Å². The molecule has 0 atom stereocenters. The van der Waals surface area contributed by atoms with Crippen molar-refractivity contribution in [2.75, 3.05) is 24.5 Å². The Morgan fingerprint density at radius 1 is 1.38 bits per heavy atom. The van der Waals surface area contributed by atoms with E-state index in [9.17, 15) is 0 Å². The van der Waals surface area contributed by atoms with Crippen LogP contribution in [0.15, 0.2) is 24.4 Å². The van der Waals surface area contributed by atoms with Gasteiger partial charge in [-0.15, -0.1) is 0 Å².